The van der Waals surface area contributed by atoms with Crippen molar-refractivity contribution in [1.29, 1.82) is 0 Å². The van der Waals surface area contributed by atoms with E-state index in [-0.39, 0.29) is 0 Å². The lowest BCUT2D eigenvalue weighted by atomic mass is 9.97. The first kappa shape index (κ1) is 84.9. The summed E-state index contributed by atoms with van der Waals surface area (Å²) in [6.07, 6.45) is 5.53. The van der Waals surface area contributed by atoms with Crippen LogP contribution in [0.2, 0.25) is 0 Å². The lowest BCUT2D eigenvalue weighted by molar-refractivity contribution is 0.669. The van der Waals surface area contributed by atoms with Crippen molar-refractivity contribution >= 4 is 163 Å². The molecule has 9 aromatic heterocycles. The minimum atomic E-state index is 0.559. The number of pyridine rings is 3. The molecule has 0 unspecified atom stereocenters. The first-order chi connectivity index (χ1) is 72.8. The predicted octanol–water partition coefficient (Wildman–Crippen LogP) is 33.9. The number of hydrogen-bond acceptors (Lipinski definition) is 15. The number of nitrogens with zero attached hydrogens (tertiary/aromatic N) is 12. The smallest absolute Gasteiger partial charge is 0.164 e. The van der Waals surface area contributed by atoms with Crippen LogP contribution >= 0.6 is 0 Å². The van der Waals surface area contributed by atoms with Gasteiger partial charge in [0.2, 0.25) is 0 Å². The van der Waals surface area contributed by atoms with Gasteiger partial charge in [0.05, 0.1) is 16.4 Å². The third kappa shape index (κ3) is 15.3. The van der Waals surface area contributed by atoms with Gasteiger partial charge in [0, 0.05) is 123 Å². The fourth-order valence-electron chi connectivity index (χ4n) is 20.8. The Morgan fingerprint density at radius 1 is 0.156 bits per heavy atom. The Morgan fingerprint density at radius 2 is 0.463 bits per heavy atom. The van der Waals surface area contributed by atoms with E-state index in [1.54, 1.807) is 0 Å². The molecule has 147 heavy (non-hydrogen) atoms. The van der Waals surface area contributed by atoms with Crippen LogP contribution in [0.1, 0.15) is 0 Å². The van der Waals surface area contributed by atoms with Gasteiger partial charge in [0.1, 0.15) is 33.4 Å². The molecule has 0 aliphatic heterocycles. The third-order valence-corrected chi connectivity index (χ3v) is 28.0. The van der Waals surface area contributed by atoms with Crippen LogP contribution in [0.3, 0.4) is 0 Å². The van der Waals surface area contributed by atoms with Crippen molar-refractivity contribution in [3.05, 3.63) is 474 Å². The monoisotopic (exact) mass is 1880 g/mol. The van der Waals surface area contributed by atoms with Crippen LogP contribution in [0.15, 0.2) is 487 Å². The molecule has 0 radical (unpaired) electrons. The molecule has 15 heteroatoms. The number of fused-ring (bicyclic) bond motifs is 21. The van der Waals surface area contributed by atoms with Gasteiger partial charge in [0.15, 0.2) is 58.0 Å². The van der Waals surface area contributed by atoms with Gasteiger partial charge < -0.3 is 13.3 Å². The van der Waals surface area contributed by atoms with E-state index < -0.39 is 0 Å². The van der Waals surface area contributed by atoms with Gasteiger partial charge in [-0.2, -0.15) is 0 Å². The highest BCUT2D eigenvalue weighted by atomic mass is 16.3. The molecule has 30 rings (SSSR count). The van der Waals surface area contributed by atoms with E-state index in [0.29, 0.717) is 52.4 Å². The first-order valence-electron chi connectivity index (χ1n) is 48.9. The maximum absolute atomic E-state index is 6.74. The van der Waals surface area contributed by atoms with Crippen LogP contribution in [-0.4, -0.2) is 59.8 Å². The fraction of sp³-hybridized carbons (Fsp3) is 0. The zero-order valence-corrected chi connectivity index (χ0v) is 78.6. The van der Waals surface area contributed by atoms with Crippen LogP contribution in [-0.2, 0) is 0 Å². The normalized spacial score (nSPS) is 11.7. The molecular weight excluding hydrogens is 1800 g/mol. The molecule has 30 aromatic rings. The molecule has 0 amide bonds. The second kappa shape index (κ2) is 35.6. The summed E-state index contributed by atoms with van der Waals surface area (Å²) in [6, 6.07) is 156. The van der Waals surface area contributed by atoms with Crippen molar-refractivity contribution in [2.45, 2.75) is 0 Å². The minimum Gasteiger partial charge on any atom is -0.455 e. The minimum absolute atomic E-state index is 0.559. The number of furan rings is 3. The number of benzene rings is 21. The SMILES string of the molecule is c1ccc(-c2nc(-c3ccc4ccc5ccccc5c4c3)nc(-c3ccc(-c4ccccc4)c4oc5cc6ccccc6nc5c34)n2)cc1.c1ccc(-c2nc(-c3ccc4ccc5ccccc5c4c3)nc(-c3ccc(-c4ccccc4)c4oc5cc6cccnc6cc5c34)n2)cc1.c1ccc(-c2nc(-c3ccc4ccc5ccccc5c4c3)nc(-c3ccc(-c4ccccc4)c4oc5cc6ccncc6cc5c34)n2)cc1. The second-order valence-electron chi connectivity index (χ2n) is 36.8. The van der Waals surface area contributed by atoms with E-state index in [1.807, 2.05) is 182 Å². The molecule has 0 fully saturated rings. The van der Waals surface area contributed by atoms with Gasteiger partial charge >= 0.3 is 0 Å². The number of rotatable bonds is 12. The Bertz CT molecular complexity index is 9590. The largest absolute Gasteiger partial charge is 0.455 e. The summed E-state index contributed by atoms with van der Waals surface area (Å²) in [6.45, 7) is 0. The lowest BCUT2D eigenvalue weighted by Gasteiger charge is -2.11. The topological polar surface area (TPSA) is 194 Å². The Hall–Kier alpha value is -20.2. The Labute approximate surface area is 839 Å². The quantitative estimate of drug-likeness (QED) is 0.105. The highest BCUT2D eigenvalue weighted by Gasteiger charge is 2.28. The van der Waals surface area contributed by atoms with E-state index in [2.05, 4.69) is 301 Å². The molecule has 21 aromatic carbocycles. The number of hydrogen-bond donors (Lipinski definition) is 0. The van der Waals surface area contributed by atoms with Gasteiger partial charge in [-0.05, 0) is 190 Å². The van der Waals surface area contributed by atoms with Gasteiger partial charge in [-0.15, -0.1) is 0 Å². The van der Waals surface area contributed by atoms with E-state index in [1.165, 1.54) is 48.5 Å². The summed E-state index contributed by atoms with van der Waals surface area (Å²) in [4.78, 5) is 60.4. The molecule has 0 atom stereocenters. The zero-order valence-electron chi connectivity index (χ0n) is 78.6. The molecule has 0 saturated carbocycles. The van der Waals surface area contributed by atoms with Gasteiger partial charge in [-0.1, -0.05) is 352 Å². The Kier molecular flexibility index (Phi) is 20.5. The van der Waals surface area contributed by atoms with Crippen molar-refractivity contribution in [3.63, 3.8) is 0 Å². The van der Waals surface area contributed by atoms with Crippen LogP contribution < -0.4 is 0 Å². The molecule has 684 valence electrons. The summed E-state index contributed by atoms with van der Waals surface area (Å²) in [5.41, 5.74) is 21.6. The fourth-order valence-corrected chi connectivity index (χ4v) is 20.8. The summed E-state index contributed by atoms with van der Waals surface area (Å²) in [7, 11) is 0. The predicted molar refractivity (Wildman–Crippen MR) is 597 cm³/mol. The van der Waals surface area contributed by atoms with E-state index in [9.17, 15) is 0 Å². The molecule has 0 spiro atoms. The summed E-state index contributed by atoms with van der Waals surface area (Å²) in [5.74, 6) is 5.37. The van der Waals surface area contributed by atoms with Crippen molar-refractivity contribution in [2.75, 3.05) is 0 Å². The molecular formula is C132H78N12O3. The van der Waals surface area contributed by atoms with Crippen LogP contribution in [0.5, 0.6) is 0 Å². The first-order valence-corrected chi connectivity index (χ1v) is 48.9. The average molecular weight is 1880 g/mol. The second-order valence-corrected chi connectivity index (χ2v) is 36.8. The summed E-state index contributed by atoms with van der Waals surface area (Å²) < 4.78 is 20.2. The molecule has 0 N–H and O–H groups in total. The van der Waals surface area contributed by atoms with Gasteiger partial charge in [0.25, 0.3) is 0 Å². The zero-order chi connectivity index (χ0) is 96.9. The standard InChI is InChI=1S/3C44H26N4O/c1-3-11-27(12-4-1)34-23-24-35(39-40-38(49-41(34)39)26-31-16-8-10-18-37(31)45-40)44-47-42(30-14-5-2-6-15-30)46-43(48-44)32-22-21-29-20-19-28-13-7-9-17-33(28)36(29)25-32;1-3-10-27(11-4-1)34-21-22-35(40-37-26-38-31(15-9-23-45-38)25-39(37)49-41(34)40)44-47-42(30-13-5-2-6-14-30)46-43(48-44)32-20-19-29-18-17-28-12-7-8-16-33(28)36(29)24-32;1-3-9-27(10-4-1)35-19-20-36(40-38-24-33-26-45-22-21-31(33)25-39(38)49-41(35)40)44-47-42(30-12-5-2-6-13-30)46-43(48-44)32-18-17-29-16-15-28-11-7-8-14-34(28)37(29)23-32/h3*1-26H. The average Bonchev–Trinajstić information content (AvgIpc) is 1.61. The van der Waals surface area contributed by atoms with E-state index in [4.69, 9.17) is 63.1 Å². The molecule has 9 heterocycles. The van der Waals surface area contributed by atoms with Crippen molar-refractivity contribution in [3.8, 4) is 136 Å². The third-order valence-electron chi connectivity index (χ3n) is 28.0. The summed E-state index contributed by atoms with van der Waals surface area (Å²) >= 11 is 0. The Balaban J connectivity index is 0.000000107. The van der Waals surface area contributed by atoms with E-state index >= 15 is 0 Å². The molecule has 0 saturated heterocycles. The van der Waals surface area contributed by atoms with Gasteiger partial charge in [-0.25, -0.2) is 49.8 Å². The van der Waals surface area contributed by atoms with Gasteiger partial charge in [-0.3, -0.25) is 9.97 Å². The van der Waals surface area contributed by atoms with Crippen molar-refractivity contribution in [2.24, 2.45) is 0 Å². The van der Waals surface area contributed by atoms with Crippen LogP contribution in [0.4, 0.5) is 0 Å². The molecule has 0 aliphatic carbocycles. The lowest BCUT2D eigenvalue weighted by Crippen LogP contribution is -2.00. The highest BCUT2D eigenvalue weighted by molar-refractivity contribution is 6.22. The van der Waals surface area contributed by atoms with E-state index in [0.717, 1.165) is 198 Å². The van der Waals surface area contributed by atoms with Crippen molar-refractivity contribution in [1.82, 2.24) is 59.8 Å². The molecule has 15 nitrogen and oxygen atoms in total. The highest BCUT2D eigenvalue weighted by Crippen LogP contribution is 2.49. The van der Waals surface area contributed by atoms with Crippen LogP contribution in [0, 0.1) is 0 Å². The number of aromatic nitrogens is 12. The molecule has 0 bridgehead atoms. The Morgan fingerprint density at radius 3 is 0.891 bits per heavy atom. The molecule has 0 aliphatic rings. The number of para-hydroxylation sites is 1. The summed E-state index contributed by atoms with van der Waals surface area (Å²) in [5, 5.41) is 23.1. The van der Waals surface area contributed by atoms with Crippen LogP contribution in [0.25, 0.3) is 299 Å². The maximum atomic E-state index is 6.74. The maximum Gasteiger partial charge on any atom is 0.164 e. The van der Waals surface area contributed by atoms with Crippen molar-refractivity contribution < 1.29 is 13.3 Å².